The van der Waals surface area contributed by atoms with Crippen LogP contribution in [0.4, 0.5) is 0 Å². The van der Waals surface area contributed by atoms with Crippen LogP contribution in [0.15, 0.2) is 64.4 Å². The summed E-state index contributed by atoms with van der Waals surface area (Å²) in [6.45, 7) is 1.62. The Morgan fingerprint density at radius 1 is 1.13 bits per heavy atom. The van der Waals surface area contributed by atoms with Crippen LogP contribution in [0, 0.1) is 0 Å². The highest BCUT2D eigenvalue weighted by Gasteiger charge is 2.17. The van der Waals surface area contributed by atoms with Gasteiger partial charge in [0.1, 0.15) is 0 Å². The van der Waals surface area contributed by atoms with Gasteiger partial charge < -0.3 is 10.6 Å². The molecule has 0 bridgehead atoms. The summed E-state index contributed by atoms with van der Waals surface area (Å²) in [5.74, 6) is 0.129. The van der Waals surface area contributed by atoms with E-state index in [9.17, 15) is 4.79 Å². The van der Waals surface area contributed by atoms with E-state index in [0.717, 1.165) is 18.5 Å². The quantitative estimate of drug-likeness (QED) is 0.852. The number of carbonyl (C=O) groups excluding carboxylic acids is 1. The maximum Gasteiger partial charge on any atom is 0.221 e. The number of benzene rings is 2. The smallest absolute Gasteiger partial charge is 0.221 e. The molecule has 0 aromatic heterocycles. The molecule has 3 nitrogen and oxygen atoms in total. The Hall–Kier alpha value is -1.78. The second kappa shape index (κ2) is 8.18. The van der Waals surface area contributed by atoms with Gasteiger partial charge >= 0.3 is 0 Å². The van der Waals surface area contributed by atoms with E-state index in [2.05, 4.69) is 34.9 Å². The molecule has 1 aliphatic rings. The van der Waals surface area contributed by atoms with Crippen molar-refractivity contribution in [1.29, 1.82) is 0 Å². The van der Waals surface area contributed by atoms with Crippen LogP contribution in [0.2, 0.25) is 0 Å². The first-order valence-electron chi connectivity index (χ1n) is 8.12. The Labute approximate surface area is 141 Å². The predicted octanol–water partition coefficient (Wildman–Crippen LogP) is 3.60. The minimum absolute atomic E-state index is 0.129. The van der Waals surface area contributed by atoms with Gasteiger partial charge in [0.2, 0.25) is 5.91 Å². The Balaban J connectivity index is 1.58. The van der Waals surface area contributed by atoms with Crippen molar-refractivity contribution in [3.05, 3.63) is 60.2 Å². The van der Waals surface area contributed by atoms with E-state index < -0.39 is 0 Å². The van der Waals surface area contributed by atoms with Crippen molar-refractivity contribution in [2.24, 2.45) is 0 Å². The average Bonchev–Trinajstić information content (AvgIpc) is 3.08. The molecule has 1 atom stereocenters. The van der Waals surface area contributed by atoms with E-state index >= 15 is 0 Å². The van der Waals surface area contributed by atoms with Crippen LogP contribution in [0.5, 0.6) is 0 Å². The summed E-state index contributed by atoms with van der Waals surface area (Å²) in [4.78, 5) is 14.5. The molecule has 1 saturated heterocycles. The molecular formula is C19H22N2OS. The molecule has 0 radical (unpaired) electrons. The highest BCUT2D eigenvalue weighted by atomic mass is 32.2. The first kappa shape index (κ1) is 16.1. The van der Waals surface area contributed by atoms with Crippen LogP contribution in [-0.4, -0.2) is 18.5 Å². The molecule has 0 saturated carbocycles. The lowest BCUT2D eigenvalue weighted by Crippen LogP contribution is -2.31. The van der Waals surface area contributed by atoms with Crippen molar-refractivity contribution < 1.29 is 4.79 Å². The van der Waals surface area contributed by atoms with Gasteiger partial charge in [0, 0.05) is 28.8 Å². The molecule has 23 heavy (non-hydrogen) atoms. The van der Waals surface area contributed by atoms with Crippen molar-refractivity contribution in [3.8, 4) is 0 Å². The van der Waals surface area contributed by atoms with E-state index in [1.54, 1.807) is 11.8 Å². The lowest BCUT2D eigenvalue weighted by Gasteiger charge is -2.12. The molecule has 1 amide bonds. The summed E-state index contributed by atoms with van der Waals surface area (Å²) in [5, 5.41) is 6.42. The molecule has 1 heterocycles. The third kappa shape index (κ3) is 4.85. The molecule has 1 unspecified atom stereocenters. The van der Waals surface area contributed by atoms with Crippen molar-refractivity contribution in [2.75, 3.05) is 6.54 Å². The molecule has 0 spiro atoms. The van der Waals surface area contributed by atoms with Crippen molar-refractivity contribution in [3.63, 3.8) is 0 Å². The van der Waals surface area contributed by atoms with Gasteiger partial charge in [0.05, 0.1) is 0 Å². The molecule has 0 aliphatic carbocycles. The Bertz CT molecular complexity index is 639. The van der Waals surface area contributed by atoms with Crippen LogP contribution >= 0.6 is 11.8 Å². The fourth-order valence-corrected chi connectivity index (χ4v) is 3.75. The van der Waals surface area contributed by atoms with Crippen molar-refractivity contribution in [2.45, 2.75) is 41.6 Å². The SMILES string of the molecule is O=C(CC1CCCN1)NCc1ccccc1Sc1ccccc1. The van der Waals surface area contributed by atoms with Crippen LogP contribution in [-0.2, 0) is 11.3 Å². The molecule has 2 N–H and O–H groups in total. The Morgan fingerprint density at radius 3 is 2.70 bits per heavy atom. The first-order valence-corrected chi connectivity index (χ1v) is 8.94. The average molecular weight is 326 g/mol. The molecular weight excluding hydrogens is 304 g/mol. The lowest BCUT2D eigenvalue weighted by atomic mass is 10.1. The summed E-state index contributed by atoms with van der Waals surface area (Å²) < 4.78 is 0. The van der Waals surface area contributed by atoms with E-state index in [0.29, 0.717) is 19.0 Å². The lowest BCUT2D eigenvalue weighted by molar-refractivity contribution is -0.121. The fraction of sp³-hybridized carbons (Fsp3) is 0.316. The van der Waals surface area contributed by atoms with Crippen LogP contribution < -0.4 is 10.6 Å². The predicted molar refractivity (Wildman–Crippen MR) is 94.5 cm³/mol. The summed E-state index contributed by atoms with van der Waals surface area (Å²) in [5.41, 5.74) is 1.16. The van der Waals surface area contributed by atoms with Gasteiger partial charge in [-0.3, -0.25) is 4.79 Å². The molecule has 3 rings (SSSR count). The summed E-state index contributed by atoms with van der Waals surface area (Å²) in [6, 6.07) is 18.9. The number of amides is 1. The maximum atomic E-state index is 12.1. The summed E-state index contributed by atoms with van der Waals surface area (Å²) in [6.07, 6.45) is 2.86. The van der Waals surface area contributed by atoms with Crippen LogP contribution in [0.1, 0.15) is 24.8 Å². The van der Waals surface area contributed by atoms with Crippen molar-refractivity contribution >= 4 is 17.7 Å². The normalized spacial score (nSPS) is 17.1. The summed E-state index contributed by atoms with van der Waals surface area (Å²) in [7, 11) is 0. The minimum atomic E-state index is 0.129. The van der Waals surface area contributed by atoms with Crippen LogP contribution in [0.3, 0.4) is 0 Å². The number of nitrogens with one attached hydrogen (secondary N) is 2. The van der Waals surface area contributed by atoms with Gasteiger partial charge in [-0.05, 0) is 43.1 Å². The number of hydrogen-bond acceptors (Lipinski definition) is 3. The van der Waals surface area contributed by atoms with E-state index in [1.165, 1.54) is 16.2 Å². The topological polar surface area (TPSA) is 41.1 Å². The Morgan fingerprint density at radius 2 is 1.91 bits per heavy atom. The van der Waals surface area contributed by atoms with Crippen LogP contribution in [0.25, 0.3) is 0 Å². The fourth-order valence-electron chi connectivity index (χ4n) is 2.79. The molecule has 1 aliphatic heterocycles. The third-order valence-electron chi connectivity index (χ3n) is 4.01. The van der Waals surface area contributed by atoms with E-state index in [1.807, 2.05) is 30.3 Å². The van der Waals surface area contributed by atoms with Gasteiger partial charge in [0.25, 0.3) is 0 Å². The third-order valence-corrected chi connectivity index (χ3v) is 5.14. The Kier molecular flexibility index (Phi) is 5.72. The maximum absolute atomic E-state index is 12.1. The van der Waals surface area contributed by atoms with Gasteiger partial charge in [-0.1, -0.05) is 48.2 Å². The largest absolute Gasteiger partial charge is 0.352 e. The standard InChI is InChI=1S/C19H22N2OS/c22-19(13-16-8-6-12-20-16)21-14-15-7-4-5-11-18(15)23-17-9-2-1-3-10-17/h1-5,7,9-11,16,20H,6,8,12-14H2,(H,21,22). The number of carbonyl (C=O) groups is 1. The van der Waals surface area contributed by atoms with Gasteiger partial charge in [-0.2, -0.15) is 0 Å². The van der Waals surface area contributed by atoms with Gasteiger partial charge in [0.15, 0.2) is 0 Å². The second-order valence-electron chi connectivity index (χ2n) is 5.80. The molecule has 2 aromatic rings. The second-order valence-corrected chi connectivity index (χ2v) is 6.91. The van der Waals surface area contributed by atoms with Crippen molar-refractivity contribution in [1.82, 2.24) is 10.6 Å². The molecule has 1 fully saturated rings. The van der Waals surface area contributed by atoms with E-state index in [4.69, 9.17) is 0 Å². The zero-order chi connectivity index (χ0) is 15.9. The molecule has 2 aromatic carbocycles. The number of hydrogen-bond donors (Lipinski definition) is 2. The zero-order valence-electron chi connectivity index (χ0n) is 13.1. The summed E-state index contributed by atoms with van der Waals surface area (Å²) >= 11 is 1.74. The number of rotatable bonds is 6. The zero-order valence-corrected chi connectivity index (χ0v) is 13.9. The first-order chi connectivity index (χ1) is 11.3. The molecule has 120 valence electrons. The highest BCUT2D eigenvalue weighted by molar-refractivity contribution is 7.99. The monoisotopic (exact) mass is 326 g/mol. The molecule has 4 heteroatoms. The van der Waals surface area contributed by atoms with Gasteiger partial charge in [-0.15, -0.1) is 0 Å². The van der Waals surface area contributed by atoms with E-state index in [-0.39, 0.29) is 5.91 Å². The highest BCUT2D eigenvalue weighted by Crippen LogP contribution is 2.30. The van der Waals surface area contributed by atoms with Gasteiger partial charge in [-0.25, -0.2) is 0 Å². The minimum Gasteiger partial charge on any atom is -0.352 e.